The summed E-state index contributed by atoms with van der Waals surface area (Å²) in [6, 6.07) is 5.46. The van der Waals surface area contributed by atoms with Gasteiger partial charge in [0.25, 0.3) is 5.60 Å². The van der Waals surface area contributed by atoms with Crippen molar-refractivity contribution in [1.29, 1.82) is 0 Å². The number of benzene rings is 2. The fourth-order valence-corrected chi connectivity index (χ4v) is 2.11. The molecule has 2 aromatic rings. The summed E-state index contributed by atoms with van der Waals surface area (Å²) < 4.78 is 77.4. The molecule has 0 saturated carbocycles. The second kappa shape index (κ2) is 4.67. The molecule has 0 bridgehead atoms. The molecule has 3 nitrogen and oxygen atoms in total. The summed E-state index contributed by atoms with van der Waals surface area (Å²) >= 11 is 0. The van der Waals surface area contributed by atoms with Crippen LogP contribution < -0.4 is 11.5 Å². The van der Waals surface area contributed by atoms with Gasteiger partial charge < -0.3 is 16.6 Å². The highest BCUT2D eigenvalue weighted by Crippen LogP contribution is 2.52. The van der Waals surface area contributed by atoms with Gasteiger partial charge >= 0.3 is 12.4 Å². The number of nitrogens with two attached hydrogens (primary N) is 2. The second-order valence-electron chi connectivity index (χ2n) is 4.75. The SMILES string of the molecule is Nc1ccc2cc(N)c(C(O)(C(F)(F)F)C(F)(F)F)cc2c1. The number of anilines is 2. The Labute approximate surface area is 120 Å². The van der Waals surface area contributed by atoms with E-state index in [1.54, 1.807) is 0 Å². The van der Waals surface area contributed by atoms with E-state index in [9.17, 15) is 31.4 Å². The van der Waals surface area contributed by atoms with Crippen LogP contribution in [0, 0.1) is 0 Å². The third-order valence-corrected chi connectivity index (χ3v) is 3.24. The molecule has 9 heteroatoms. The Hall–Kier alpha value is -2.16. The second-order valence-corrected chi connectivity index (χ2v) is 4.75. The zero-order valence-electron chi connectivity index (χ0n) is 10.8. The lowest BCUT2D eigenvalue weighted by Crippen LogP contribution is -2.54. The molecule has 120 valence electrons. The predicted octanol–water partition coefficient (Wildman–Crippen LogP) is 3.32. The van der Waals surface area contributed by atoms with E-state index in [2.05, 4.69) is 0 Å². The molecule has 0 aliphatic rings. The summed E-state index contributed by atoms with van der Waals surface area (Å²) in [5, 5.41) is 9.69. The summed E-state index contributed by atoms with van der Waals surface area (Å²) in [7, 11) is 0. The van der Waals surface area contributed by atoms with E-state index in [0.29, 0.717) is 11.5 Å². The Bertz CT molecular complexity index is 709. The van der Waals surface area contributed by atoms with Crippen LogP contribution in [0.15, 0.2) is 30.3 Å². The van der Waals surface area contributed by atoms with Crippen LogP contribution in [0.25, 0.3) is 10.8 Å². The van der Waals surface area contributed by atoms with Crippen molar-refractivity contribution in [3.05, 3.63) is 35.9 Å². The zero-order valence-corrected chi connectivity index (χ0v) is 10.8. The van der Waals surface area contributed by atoms with Gasteiger partial charge in [-0.3, -0.25) is 0 Å². The van der Waals surface area contributed by atoms with E-state index in [1.807, 2.05) is 0 Å². The Morgan fingerprint density at radius 2 is 1.32 bits per heavy atom. The highest BCUT2D eigenvalue weighted by molar-refractivity contribution is 5.89. The van der Waals surface area contributed by atoms with E-state index >= 15 is 0 Å². The van der Waals surface area contributed by atoms with Crippen LogP contribution in [0.5, 0.6) is 0 Å². The minimum absolute atomic E-state index is 0.00359. The molecular formula is C13H10F6N2O. The maximum atomic E-state index is 12.9. The van der Waals surface area contributed by atoms with Gasteiger partial charge in [0, 0.05) is 16.9 Å². The molecule has 2 aromatic carbocycles. The average Bonchev–Trinajstić information content (AvgIpc) is 2.35. The Balaban J connectivity index is 2.83. The van der Waals surface area contributed by atoms with Crippen LogP contribution in [0.4, 0.5) is 37.7 Å². The van der Waals surface area contributed by atoms with E-state index in [1.165, 1.54) is 18.2 Å². The number of halogens is 6. The van der Waals surface area contributed by atoms with Gasteiger partial charge in [-0.15, -0.1) is 0 Å². The minimum atomic E-state index is -5.99. The average molecular weight is 324 g/mol. The van der Waals surface area contributed by atoms with Crippen LogP contribution >= 0.6 is 0 Å². The van der Waals surface area contributed by atoms with Crippen LogP contribution in [-0.2, 0) is 5.60 Å². The number of aliphatic hydroxyl groups is 1. The van der Waals surface area contributed by atoms with Crippen molar-refractivity contribution in [3.8, 4) is 0 Å². The van der Waals surface area contributed by atoms with Gasteiger partial charge in [-0.2, -0.15) is 26.3 Å². The van der Waals surface area contributed by atoms with Crippen LogP contribution in [0.1, 0.15) is 5.56 Å². The van der Waals surface area contributed by atoms with Crippen LogP contribution in [0.2, 0.25) is 0 Å². The van der Waals surface area contributed by atoms with E-state index in [0.717, 1.165) is 6.07 Å². The molecule has 0 heterocycles. The summed E-state index contributed by atoms with van der Waals surface area (Å²) in [4.78, 5) is 0. The van der Waals surface area contributed by atoms with Gasteiger partial charge in [0.05, 0.1) is 0 Å². The molecule has 0 fully saturated rings. The maximum Gasteiger partial charge on any atom is 0.430 e. The fraction of sp³-hybridized carbons (Fsp3) is 0.231. The maximum absolute atomic E-state index is 12.9. The first kappa shape index (κ1) is 16.2. The largest absolute Gasteiger partial charge is 0.430 e. The first-order valence-electron chi connectivity index (χ1n) is 5.83. The number of rotatable bonds is 1. The Morgan fingerprint density at radius 1 is 0.773 bits per heavy atom. The predicted molar refractivity (Wildman–Crippen MR) is 68.8 cm³/mol. The van der Waals surface area contributed by atoms with E-state index in [4.69, 9.17) is 11.5 Å². The molecule has 2 rings (SSSR count). The van der Waals surface area contributed by atoms with Crippen LogP contribution in [0.3, 0.4) is 0 Å². The van der Waals surface area contributed by atoms with Gasteiger partial charge in [0.1, 0.15) is 0 Å². The van der Waals surface area contributed by atoms with Gasteiger partial charge in [0.15, 0.2) is 0 Å². The smallest absolute Gasteiger partial charge is 0.399 e. The standard InChI is InChI=1S/C13H10F6N2O/c14-12(15,16)11(22,13(17,18)19)9-4-7-3-8(20)2-1-6(7)5-10(9)21/h1-5,22H,20-21H2. The molecule has 5 N–H and O–H groups in total. The van der Waals surface area contributed by atoms with Gasteiger partial charge in [-0.05, 0) is 35.0 Å². The molecule has 0 atom stereocenters. The summed E-state index contributed by atoms with van der Waals surface area (Å²) in [5.74, 6) is 0. The molecule has 0 unspecified atom stereocenters. The van der Waals surface area contributed by atoms with Crippen molar-refractivity contribution in [2.75, 3.05) is 11.5 Å². The van der Waals surface area contributed by atoms with Gasteiger partial charge in [0.2, 0.25) is 0 Å². The van der Waals surface area contributed by atoms with Crippen molar-refractivity contribution in [1.82, 2.24) is 0 Å². The highest BCUT2D eigenvalue weighted by Gasteiger charge is 2.72. The quantitative estimate of drug-likeness (QED) is 0.557. The summed E-state index contributed by atoms with van der Waals surface area (Å²) in [5.41, 5.74) is 3.54. The van der Waals surface area contributed by atoms with Crippen molar-refractivity contribution >= 4 is 22.1 Å². The lowest BCUT2D eigenvalue weighted by atomic mass is 9.89. The van der Waals surface area contributed by atoms with Gasteiger partial charge in [-0.25, -0.2) is 0 Å². The third-order valence-electron chi connectivity index (χ3n) is 3.24. The number of hydrogen-bond donors (Lipinski definition) is 3. The third kappa shape index (κ3) is 2.31. The van der Waals surface area contributed by atoms with E-state index < -0.39 is 29.2 Å². The van der Waals surface area contributed by atoms with Gasteiger partial charge in [-0.1, -0.05) is 6.07 Å². The zero-order chi connectivity index (χ0) is 16.9. The molecule has 0 aliphatic heterocycles. The monoisotopic (exact) mass is 324 g/mol. The number of nitrogen functional groups attached to an aromatic ring is 2. The van der Waals surface area contributed by atoms with Crippen molar-refractivity contribution in [3.63, 3.8) is 0 Å². The summed E-state index contributed by atoms with van der Waals surface area (Å²) in [6.45, 7) is 0. The first-order chi connectivity index (χ1) is 9.88. The molecule has 0 aliphatic carbocycles. The molecular weight excluding hydrogens is 314 g/mol. The highest BCUT2D eigenvalue weighted by atomic mass is 19.4. The van der Waals surface area contributed by atoms with E-state index in [-0.39, 0.29) is 11.1 Å². The lowest BCUT2D eigenvalue weighted by molar-refractivity contribution is -0.375. The number of alkyl halides is 6. The topological polar surface area (TPSA) is 72.3 Å². The number of hydrogen-bond acceptors (Lipinski definition) is 3. The normalized spacial score (nSPS) is 13.6. The molecule has 0 amide bonds. The summed E-state index contributed by atoms with van der Waals surface area (Å²) in [6.07, 6.45) is -12.0. The molecule has 0 aromatic heterocycles. The molecule has 0 saturated heterocycles. The van der Waals surface area contributed by atoms with Crippen molar-refractivity contribution < 1.29 is 31.4 Å². The molecule has 0 spiro atoms. The lowest BCUT2D eigenvalue weighted by Gasteiger charge is -2.33. The molecule has 22 heavy (non-hydrogen) atoms. The molecule has 0 radical (unpaired) electrons. The van der Waals surface area contributed by atoms with Crippen LogP contribution in [-0.4, -0.2) is 17.5 Å². The fourth-order valence-electron chi connectivity index (χ4n) is 2.11. The minimum Gasteiger partial charge on any atom is -0.399 e. The Morgan fingerprint density at radius 3 is 1.82 bits per heavy atom. The van der Waals surface area contributed by atoms with Crippen molar-refractivity contribution in [2.24, 2.45) is 0 Å². The first-order valence-corrected chi connectivity index (χ1v) is 5.83. The number of fused-ring (bicyclic) bond motifs is 1. The van der Waals surface area contributed by atoms with Crippen molar-refractivity contribution in [2.45, 2.75) is 18.0 Å². The Kier molecular flexibility index (Phi) is 3.44.